The van der Waals surface area contributed by atoms with Crippen LogP contribution in [0.1, 0.15) is 42.1 Å². The van der Waals surface area contributed by atoms with Crippen molar-refractivity contribution >= 4 is 0 Å². The summed E-state index contributed by atoms with van der Waals surface area (Å²) in [6.07, 6.45) is 3.98. The van der Waals surface area contributed by atoms with Gasteiger partial charge in [-0.25, -0.2) is 4.39 Å². The summed E-state index contributed by atoms with van der Waals surface area (Å²) in [6, 6.07) is 15.1. The van der Waals surface area contributed by atoms with Crippen molar-refractivity contribution in [3.05, 3.63) is 65.0 Å². The van der Waals surface area contributed by atoms with Crippen LogP contribution in [0, 0.1) is 17.1 Å². The lowest BCUT2D eigenvalue weighted by atomic mass is 9.84. The predicted octanol–water partition coefficient (Wildman–Crippen LogP) is 3.56. The molecule has 0 unspecified atom stereocenters. The zero-order valence-corrected chi connectivity index (χ0v) is 15.3. The molecule has 0 amide bonds. The Hall–Kier alpha value is -2.42. The van der Waals surface area contributed by atoms with Crippen LogP contribution in [0.2, 0.25) is 0 Å². The van der Waals surface area contributed by atoms with Gasteiger partial charge in [-0.3, -0.25) is 4.90 Å². The van der Waals surface area contributed by atoms with Gasteiger partial charge in [0, 0.05) is 18.7 Å². The van der Waals surface area contributed by atoms with E-state index >= 15 is 0 Å². The van der Waals surface area contributed by atoms with E-state index in [4.69, 9.17) is 15.7 Å². The minimum atomic E-state index is -0.546. The Morgan fingerprint density at radius 2 is 2.04 bits per heavy atom. The summed E-state index contributed by atoms with van der Waals surface area (Å²) in [7, 11) is 0. The molecule has 5 heteroatoms. The second kappa shape index (κ2) is 7.67. The molecule has 27 heavy (non-hydrogen) atoms. The molecule has 2 N–H and O–H groups in total. The number of nitrogens with zero attached hydrogens (tertiary/aromatic N) is 2. The van der Waals surface area contributed by atoms with Gasteiger partial charge in [-0.2, -0.15) is 5.26 Å². The van der Waals surface area contributed by atoms with E-state index < -0.39 is 5.82 Å². The summed E-state index contributed by atoms with van der Waals surface area (Å²) >= 11 is 0. The Morgan fingerprint density at radius 1 is 1.19 bits per heavy atom. The van der Waals surface area contributed by atoms with Crippen molar-refractivity contribution in [3.63, 3.8) is 0 Å². The molecule has 0 spiro atoms. The van der Waals surface area contributed by atoms with Crippen molar-refractivity contribution < 1.29 is 9.13 Å². The van der Waals surface area contributed by atoms with Crippen molar-refractivity contribution in [1.82, 2.24) is 4.90 Å². The van der Waals surface area contributed by atoms with Gasteiger partial charge in [0.25, 0.3) is 0 Å². The summed E-state index contributed by atoms with van der Waals surface area (Å²) < 4.78 is 20.4. The molecular formula is C22H24FN3O. The van der Waals surface area contributed by atoms with E-state index in [-0.39, 0.29) is 23.8 Å². The Morgan fingerprint density at radius 3 is 2.81 bits per heavy atom. The molecule has 0 saturated carbocycles. The second-order valence-corrected chi connectivity index (χ2v) is 7.49. The number of hydrogen-bond donors (Lipinski definition) is 1. The van der Waals surface area contributed by atoms with Crippen molar-refractivity contribution in [2.75, 3.05) is 13.1 Å². The molecule has 1 aliphatic heterocycles. The molecule has 0 aromatic heterocycles. The summed E-state index contributed by atoms with van der Waals surface area (Å²) in [5.41, 5.74) is 8.70. The van der Waals surface area contributed by atoms with E-state index in [2.05, 4.69) is 23.1 Å². The standard InChI is InChI=1S/C22H24FN3O/c23-20-12-18(9-7-16(20)13-24)27-22-19-6-2-1-4-15(19)8-10-21(22)26-11-3-5-17(25)14-26/h1-2,4,6-7,9,12,17,21-22H,3,5,8,10-11,14,25H2/t17-,21+,22+/m1/s1. The van der Waals surface area contributed by atoms with E-state index in [9.17, 15) is 4.39 Å². The van der Waals surface area contributed by atoms with Crippen LogP contribution < -0.4 is 10.5 Å². The molecular weight excluding hydrogens is 341 g/mol. The molecule has 2 aliphatic rings. The normalized spacial score (nSPS) is 25.4. The van der Waals surface area contributed by atoms with Crippen LogP contribution in [0.15, 0.2) is 42.5 Å². The van der Waals surface area contributed by atoms with Crippen molar-refractivity contribution in [2.24, 2.45) is 5.73 Å². The molecule has 140 valence electrons. The number of hydrogen-bond acceptors (Lipinski definition) is 4. The zero-order valence-electron chi connectivity index (χ0n) is 15.3. The largest absolute Gasteiger partial charge is 0.484 e. The van der Waals surface area contributed by atoms with E-state index in [0.29, 0.717) is 5.75 Å². The number of fused-ring (bicyclic) bond motifs is 1. The van der Waals surface area contributed by atoms with Gasteiger partial charge in [0.05, 0.1) is 11.6 Å². The van der Waals surface area contributed by atoms with E-state index in [1.165, 1.54) is 17.7 Å². The highest BCUT2D eigenvalue weighted by atomic mass is 19.1. The Kier molecular flexibility index (Phi) is 5.11. The lowest BCUT2D eigenvalue weighted by Crippen LogP contribution is -2.51. The lowest BCUT2D eigenvalue weighted by Gasteiger charge is -2.43. The van der Waals surface area contributed by atoms with Gasteiger partial charge in [0.1, 0.15) is 23.7 Å². The number of likely N-dealkylation sites (tertiary alicyclic amines) is 1. The smallest absolute Gasteiger partial charge is 0.144 e. The van der Waals surface area contributed by atoms with Crippen LogP contribution >= 0.6 is 0 Å². The van der Waals surface area contributed by atoms with Crippen molar-refractivity contribution in [1.29, 1.82) is 5.26 Å². The summed E-state index contributed by atoms with van der Waals surface area (Å²) in [6.45, 7) is 1.89. The number of nitriles is 1. The summed E-state index contributed by atoms with van der Waals surface area (Å²) in [5, 5.41) is 8.95. The number of benzene rings is 2. The molecule has 1 heterocycles. The predicted molar refractivity (Wildman–Crippen MR) is 102 cm³/mol. The maximum absolute atomic E-state index is 14.1. The van der Waals surface area contributed by atoms with Crippen LogP contribution in [0.4, 0.5) is 4.39 Å². The van der Waals surface area contributed by atoms with Crippen molar-refractivity contribution in [2.45, 2.75) is 43.9 Å². The van der Waals surface area contributed by atoms with Crippen LogP contribution in [0.5, 0.6) is 5.75 Å². The monoisotopic (exact) mass is 365 g/mol. The van der Waals surface area contributed by atoms with Gasteiger partial charge < -0.3 is 10.5 Å². The third-order valence-corrected chi connectivity index (χ3v) is 5.70. The average Bonchev–Trinajstić information content (AvgIpc) is 2.68. The SMILES string of the molecule is N#Cc1ccc(O[C@H]2c3ccccc3CC[C@@H]2N2CCC[C@@H](N)C2)cc1F. The maximum Gasteiger partial charge on any atom is 0.144 e. The average molecular weight is 365 g/mol. The van der Waals surface area contributed by atoms with E-state index in [0.717, 1.165) is 44.3 Å². The van der Waals surface area contributed by atoms with Gasteiger partial charge in [0.15, 0.2) is 0 Å². The van der Waals surface area contributed by atoms with Gasteiger partial charge in [-0.05, 0) is 55.5 Å². The Labute approximate surface area is 159 Å². The molecule has 3 atom stereocenters. The molecule has 4 nitrogen and oxygen atoms in total. The summed E-state index contributed by atoms with van der Waals surface area (Å²) in [5.74, 6) is -0.0878. The van der Waals surface area contributed by atoms with E-state index in [1.807, 2.05) is 12.1 Å². The molecule has 4 rings (SSSR count). The fourth-order valence-electron chi connectivity index (χ4n) is 4.37. The van der Waals surface area contributed by atoms with Crippen LogP contribution in [0.25, 0.3) is 0 Å². The third kappa shape index (κ3) is 3.69. The number of piperidine rings is 1. The lowest BCUT2D eigenvalue weighted by molar-refractivity contribution is 0.0366. The minimum absolute atomic E-state index is 0.0324. The molecule has 1 fully saturated rings. The fraction of sp³-hybridized carbons (Fsp3) is 0.409. The van der Waals surface area contributed by atoms with Gasteiger partial charge >= 0.3 is 0 Å². The first-order valence-corrected chi connectivity index (χ1v) is 9.59. The highest BCUT2D eigenvalue weighted by molar-refractivity contribution is 5.38. The quantitative estimate of drug-likeness (QED) is 0.903. The van der Waals surface area contributed by atoms with E-state index in [1.54, 1.807) is 6.07 Å². The van der Waals surface area contributed by atoms with Gasteiger partial charge in [-0.1, -0.05) is 24.3 Å². The number of nitrogens with two attached hydrogens (primary N) is 1. The molecule has 2 aromatic carbocycles. The maximum atomic E-state index is 14.1. The number of halogens is 1. The molecule has 1 saturated heterocycles. The summed E-state index contributed by atoms with van der Waals surface area (Å²) in [4.78, 5) is 2.44. The Bertz CT molecular complexity index is 863. The number of ether oxygens (including phenoxy) is 1. The zero-order chi connectivity index (χ0) is 18.8. The molecule has 0 bridgehead atoms. The van der Waals surface area contributed by atoms with Gasteiger partial charge in [0.2, 0.25) is 0 Å². The Balaban J connectivity index is 1.66. The minimum Gasteiger partial charge on any atom is -0.484 e. The first-order chi connectivity index (χ1) is 13.2. The molecule has 1 aliphatic carbocycles. The highest BCUT2D eigenvalue weighted by Gasteiger charge is 2.36. The van der Waals surface area contributed by atoms with Crippen LogP contribution in [-0.2, 0) is 6.42 Å². The second-order valence-electron chi connectivity index (χ2n) is 7.49. The first kappa shape index (κ1) is 18.0. The topological polar surface area (TPSA) is 62.3 Å². The number of rotatable bonds is 3. The van der Waals surface area contributed by atoms with Crippen LogP contribution in [-0.4, -0.2) is 30.1 Å². The number of aryl methyl sites for hydroxylation is 1. The van der Waals surface area contributed by atoms with Gasteiger partial charge in [-0.15, -0.1) is 0 Å². The molecule has 2 aromatic rings. The fourth-order valence-corrected chi connectivity index (χ4v) is 4.37. The van der Waals surface area contributed by atoms with Crippen molar-refractivity contribution in [3.8, 4) is 11.8 Å². The highest BCUT2D eigenvalue weighted by Crippen LogP contribution is 2.37. The molecule has 0 radical (unpaired) electrons. The third-order valence-electron chi connectivity index (χ3n) is 5.70. The van der Waals surface area contributed by atoms with Crippen LogP contribution in [0.3, 0.4) is 0 Å². The first-order valence-electron chi connectivity index (χ1n) is 9.59.